The number of nitrogens with zero attached hydrogens (tertiary/aromatic N) is 2. The average molecular weight is 412 g/mol. The van der Waals surface area contributed by atoms with E-state index in [1.54, 1.807) is 14.2 Å². The van der Waals surface area contributed by atoms with E-state index < -0.39 is 18.3 Å². The van der Waals surface area contributed by atoms with Crippen LogP contribution in [0, 0.1) is 13.8 Å². The first kappa shape index (κ1) is 20.8. The van der Waals surface area contributed by atoms with Gasteiger partial charge in [0.05, 0.1) is 42.7 Å². The van der Waals surface area contributed by atoms with Crippen LogP contribution in [0.2, 0.25) is 0 Å². The lowest BCUT2D eigenvalue weighted by molar-refractivity contribution is -0.163. The Balaban J connectivity index is 1.84. The predicted molar refractivity (Wildman–Crippen MR) is 115 cm³/mol. The Morgan fingerprint density at radius 3 is 2.60 bits per heavy atom. The number of aliphatic hydroxyl groups excluding tert-OH is 1. The Hall–Kier alpha value is -2.45. The van der Waals surface area contributed by atoms with Crippen LogP contribution in [-0.4, -0.2) is 54.3 Å². The topological polar surface area (TPSA) is 77.2 Å². The fraction of sp³-hybridized carbons (Fsp3) is 0.435. The largest absolute Gasteiger partial charge is 0.390 e. The molecule has 0 fully saturated rings. The fourth-order valence-corrected chi connectivity index (χ4v) is 4.23. The lowest BCUT2D eigenvalue weighted by Crippen LogP contribution is -2.43. The first-order chi connectivity index (χ1) is 14.6. The molecule has 0 radical (unpaired) electrons. The number of anilines is 1. The number of aromatic nitrogens is 2. The number of benzene rings is 1. The third kappa shape index (κ3) is 3.58. The number of imidazole rings is 1. The number of rotatable bonds is 7. The monoisotopic (exact) mass is 411 g/mol. The molecule has 1 aliphatic rings. The Morgan fingerprint density at radius 2 is 1.90 bits per heavy atom. The van der Waals surface area contributed by atoms with Gasteiger partial charge in [0, 0.05) is 26.1 Å². The van der Waals surface area contributed by atoms with Crippen LogP contribution >= 0.6 is 0 Å². The molecule has 0 amide bonds. The van der Waals surface area contributed by atoms with Gasteiger partial charge in [0.15, 0.2) is 11.9 Å². The van der Waals surface area contributed by atoms with Crippen molar-refractivity contribution in [3.63, 3.8) is 0 Å². The maximum absolute atomic E-state index is 11.4. The summed E-state index contributed by atoms with van der Waals surface area (Å²) in [4.78, 5) is 4.79. The van der Waals surface area contributed by atoms with Gasteiger partial charge < -0.3 is 29.0 Å². The molecule has 1 unspecified atom stereocenters. The van der Waals surface area contributed by atoms with Crippen molar-refractivity contribution in [2.45, 2.75) is 38.2 Å². The van der Waals surface area contributed by atoms with Gasteiger partial charge in [-0.2, -0.15) is 0 Å². The maximum atomic E-state index is 11.4. The second-order valence-corrected chi connectivity index (χ2v) is 7.64. The van der Waals surface area contributed by atoms with Gasteiger partial charge in [0.2, 0.25) is 0 Å². The summed E-state index contributed by atoms with van der Waals surface area (Å²) < 4.78 is 18.8. The molecule has 0 aliphatic carbocycles. The summed E-state index contributed by atoms with van der Waals surface area (Å²) in [6, 6.07) is 11.6. The molecule has 1 aliphatic heterocycles. The molecule has 3 heterocycles. The minimum Gasteiger partial charge on any atom is -0.390 e. The SMILES string of the molecule is COCCOC(OC)[C@@H]1c2ccn3c(C)c(C)nc3c2N[C@H](c2ccccc2)[C@@H]1O. The summed E-state index contributed by atoms with van der Waals surface area (Å²) in [5, 5.41) is 15.0. The van der Waals surface area contributed by atoms with Gasteiger partial charge in [-0.15, -0.1) is 0 Å². The van der Waals surface area contributed by atoms with E-state index in [2.05, 4.69) is 16.6 Å². The van der Waals surface area contributed by atoms with Crippen LogP contribution in [0.1, 0.15) is 34.5 Å². The number of methoxy groups -OCH3 is 2. The lowest BCUT2D eigenvalue weighted by Gasteiger charge is -2.40. The van der Waals surface area contributed by atoms with Gasteiger partial charge in [0.25, 0.3) is 0 Å². The Labute approximate surface area is 176 Å². The van der Waals surface area contributed by atoms with E-state index in [9.17, 15) is 5.11 Å². The van der Waals surface area contributed by atoms with Crippen molar-refractivity contribution in [1.29, 1.82) is 0 Å². The zero-order chi connectivity index (χ0) is 21.3. The smallest absolute Gasteiger partial charge is 0.166 e. The zero-order valence-corrected chi connectivity index (χ0v) is 17.8. The molecule has 160 valence electrons. The summed E-state index contributed by atoms with van der Waals surface area (Å²) in [6.45, 7) is 4.89. The van der Waals surface area contributed by atoms with E-state index in [4.69, 9.17) is 19.2 Å². The minimum atomic E-state index is -0.757. The molecule has 1 aromatic carbocycles. The highest BCUT2D eigenvalue weighted by atomic mass is 16.7. The van der Waals surface area contributed by atoms with Crippen LogP contribution in [0.4, 0.5) is 5.69 Å². The van der Waals surface area contributed by atoms with Crippen molar-refractivity contribution < 1.29 is 19.3 Å². The van der Waals surface area contributed by atoms with Gasteiger partial charge in [0.1, 0.15) is 0 Å². The summed E-state index contributed by atoms with van der Waals surface area (Å²) in [5.41, 5.74) is 5.73. The number of aliphatic hydroxyl groups is 1. The first-order valence-electron chi connectivity index (χ1n) is 10.2. The second kappa shape index (κ2) is 8.73. The first-order valence-corrected chi connectivity index (χ1v) is 10.2. The van der Waals surface area contributed by atoms with Gasteiger partial charge in [-0.05, 0) is 31.0 Å². The molecule has 4 rings (SSSR count). The van der Waals surface area contributed by atoms with E-state index in [0.717, 1.165) is 33.8 Å². The molecular weight excluding hydrogens is 382 g/mol. The highest BCUT2D eigenvalue weighted by molar-refractivity contribution is 5.75. The van der Waals surface area contributed by atoms with Gasteiger partial charge >= 0.3 is 0 Å². The number of hydrogen-bond donors (Lipinski definition) is 2. The molecule has 4 atom stereocenters. The molecule has 2 aromatic heterocycles. The van der Waals surface area contributed by atoms with Crippen molar-refractivity contribution in [3.8, 4) is 0 Å². The summed E-state index contributed by atoms with van der Waals surface area (Å²) in [6.07, 6.45) is 0.615. The van der Waals surface area contributed by atoms with Crippen LogP contribution in [0.5, 0.6) is 0 Å². The van der Waals surface area contributed by atoms with E-state index in [-0.39, 0.29) is 6.04 Å². The zero-order valence-electron chi connectivity index (χ0n) is 17.8. The Kier molecular flexibility index (Phi) is 6.06. The van der Waals surface area contributed by atoms with E-state index in [1.165, 1.54) is 0 Å². The lowest BCUT2D eigenvalue weighted by atomic mass is 9.81. The molecule has 7 nitrogen and oxygen atoms in total. The molecule has 0 saturated heterocycles. The number of fused-ring (bicyclic) bond motifs is 3. The third-order valence-corrected chi connectivity index (χ3v) is 5.92. The summed E-state index contributed by atoms with van der Waals surface area (Å²) in [5.74, 6) is -0.393. The molecule has 2 N–H and O–H groups in total. The van der Waals surface area contributed by atoms with Crippen molar-refractivity contribution >= 4 is 11.3 Å². The summed E-state index contributed by atoms with van der Waals surface area (Å²) >= 11 is 0. The van der Waals surface area contributed by atoms with Gasteiger partial charge in [-0.25, -0.2) is 4.98 Å². The quantitative estimate of drug-likeness (QED) is 0.459. The number of ether oxygens (including phenoxy) is 3. The van der Waals surface area contributed by atoms with Gasteiger partial charge in [-0.3, -0.25) is 0 Å². The van der Waals surface area contributed by atoms with E-state index in [1.807, 2.05) is 49.5 Å². The van der Waals surface area contributed by atoms with Crippen LogP contribution < -0.4 is 5.32 Å². The number of aryl methyl sites for hydroxylation is 2. The summed E-state index contributed by atoms with van der Waals surface area (Å²) in [7, 11) is 3.23. The Morgan fingerprint density at radius 1 is 1.13 bits per heavy atom. The van der Waals surface area contributed by atoms with Crippen LogP contribution in [0.3, 0.4) is 0 Å². The average Bonchev–Trinajstić information content (AvgIpc) is 3.06. The van der Waals surface area contributed by atoms with E-state index >= 15 is 0 Å². The predicted octanol–water partition coefficient (Wildman–Crippen LogP) is 3.20. The third-order valence-electron chi connectivity index (χ3n) is 5.92. The molecule has 0 saturated carbocycles. The van der Waals surface area contributed by atoms with Crippen LogP contribution in [0.15, 0.2) is 42.6 Å². The normalized spacial score (nSPS) is 22.0. The maximum Gasteiger partial charge on any atom is 0.166 e. The molecule has 7 heteroatoms. The molecule has 3 aromatic rings. The standard InChI is InChI=1S/C23H29N3O4/c1-14-15(2)26-11-10-17-18(23(29-4)30-13-12-28-3)21(27)19(16-8-6-5-7-9-16)25-20(17)22(26)24-14/h5-11,18-19,21,23,25,27H,12-13H2,1-4H3/t18-,19-,21-,23?/m1/s1. The van der Waals surface area contributed by atoms with Crippen molar-refractivity contribution in [2.24, 2.45) is 0 Å². The highest BCUT2D eigenvalue weighted by Crippen LogP contribution is 2.44. The van der Waals surface area contributed by atoms with E-state index in [0.29, 0.717) is 13.2 Å². The second-order valence-electron chi connectivity index (χ2n) is 7.64. The number of pyridine rings is 1. The van der Waals surface area contributed by atoms with Gasteiger partial charge in [-0.1, -0.05) is 30.3 Å². The number of hydrogen-bond acceptors (Lipinski definition) is 6. The fourth-order valence-electron chi connectivity index (χ4n) is 4.23. The molecule has 0 spiro atoms. The molecular formula is C23H29N3O4. The van der Waals surface area contributed by atoms with Crippen LogP contribution in [-0.2, 0) is 14.2 Å². The van der Waals surface area contributed by atoms with Crippen molar-refractivity contribution in [1.82, 2.24) is 9.38 Å². The minimum absolute atomic E-state index is 0.323. The molecule has 0 bridgehead atoms. The van der Waals surface area contributed by atoms with Crippen molar-refractivity contribution in [2.75, 3.05) is 32.8 Å². The van der Waals surface area contributed by atoms with Crippen LogP contribution in [0.25, 0.3) is 5.65 Å². The highest BCUT2D eigenvalue weighted by Gasteiger charge is 2.42. The number of nitrogens with one attached hydrogen (secondary N) is 1. The molecule has 30 heavy (non-hydrogen) atoms. The van der Waals surface area contributed by atoms with Crippen molar-refractivity contribution in [3.05, 3.63) is 65.1 Å². The Bertz CT molecular complexity index is 1000.